The lowest BCUT2D eigenvalue weighted by molar-refractivity contribution is -0.199. The zero-order chi connectivity index (χ0) is 20.7. The van der Waals surface area contributed by atoms with Crippen molar-refractivity contribution in [2.24, 2.45) is 11.0 Å². The maximum Gasteiger partial charge on any atom is 0.0868 e. The molecule has 2 aromatic carbocycles. The van der Waals surface area contributed by atoms with Gasteiger partial charge in [0.05, 0.1) is 18.2 Å². The fraction of sp³-hybridized carbons (Fsp3) is 0.478. The first-order chi connectivity index (χ1) is 14.1. The quantitative estimate of drug-likeness (QED) is 0.354. The van der Waals surface area contributed by atoms with Crippen LogP contribution in [0.4, 0.5) is 0 Å². The number of nitrogens with zero attached hydrogens (tertiary/aromatic N) is 4. The number of aliphatic hydroxyl groups excluding tert-OH is 1. The fourth-order valence-electron chi connectivity index (χ4n) is 4.37. The molecule has 0 radical (unpaired) electrons. The van der Waals surface area contributed by atoms with E-state index in [1.54, 1.807) is 0 Å². The summed E-state index contributed by atoms with van der Waals surface area (Å²) in [5, 5.41) is 15.5. The monoisotopic (exact) mass is 394 g/mol. The van der Waals surface area contributed by atoms with E-state index in [-0.39, 0.29) is 18.2 Å². The van der Waals surface area contributed by atoms with Gasteiger partial charge in [0.1, 0.15) is 0 Å². The summed E-state index contributed by atoms with van der Waals surface area (Å²) in [5.41, 5.74) is 12.0. The van der Waals surface area contributed by atoms with Crippen molar-refractivity contribution in [2.75, 3.05) is 13.2 Å². The highest BCUT2D eigenvalue weighted by molar-refractivity contribution is 5.63. The molecule has 1 N–H and O–H groups in total. The van der Waals surface area contributed by atoms with Crippen molar-refractivity contribution in [3.05, 3.63) is 70.6 Å². The molecule has 1 saturated heterocycles. The van der Waals surface area contributed by atoms with E-state index in [9.17, 15) is 5.11 Å². The molecule has 1 aliphatic heterocycles. The first-order valence-electron chi connectivity index (χ1n) is 10.3. The summed E-state index contributed by atoms with van der Waals surface area (Å²) in [7, 11) is 0. The van der Waals surface area contributed by atoms with Crippen molar-refractivity contribution in [1.29, 1.82) is 0 Å². The van der Waals surface area contributed by atoms with Crippen LogP contribution < -0.4 is 0 Å². The van der Waals surface area contributed by atoms with Gasteiger partial charge in [0.2, 0.25) is 0 Å². The third kappa shape index (κ3) is 5.37. The van der Waals surface area contributed by atoms with Crippen LogP contribution in [0, 0.1) is 5.92 Å². The maximum absolute atomic E-state index is 9.75. The van der Waals surface area contributed by atoms with Crippen LogP contribution in [0.15, 0.2) is 59.7 Å². The second kappa shape index (κ2) is 9.90. The summed E-state index contributed by atoms with van der Waals surface area (Å²) in [6.45, 7) is 5.42. The third-order valence-electron chi connectivity index (χ3n) is 5.51. The molecule has 0 aliphatic carbocycles. The molecule has 0 aromatic heterocycles. The minimum atomic E-state index is -0.253. The van der Waals surface area contributed by atoms with Gasteiger partial charge in [-0.2, -0.15) is 5.06 Å². The Labute approximate surface area is 172 Å². The highest BCUT2D eigenvalue weighted by Gasteiger charge is 2.46. The van der Waals surface area contributed by atoms with Gasteiger partial charge in [0, 0.05) is 18.1 Å². The Morgan fingerprint density at radius 3 is 2.48 bits per heavy atom. The van der Waals surface area contributed by atoms with Crippen molar-refractivity contribution in [3.8, 4) is 11.1 Å². The molecule has 1 fully saturated rings. The first-order valence-corrected chi connectivity index (χ1v) is 10.3. The van der Waals surface area contributed by atoms with Crippen LogP contribution in [0.5, 0.6) is 0 Å². The largest absolute Gasteiger partial charge is 0.396 e. The minimum Gasteiger partial charge on any atom is -0.396 e. The minimum absolute atomic E-state index is 0.105. The average Bonchev–Trinajstić information content (AvgIpc) is 3.04. The van der Waals surface area contributed by atoms with E-state index in [2.05, 4.69) is 60.3 Å². The molecule has 6 nitrogen and oxygen atoms in total. The Hall–Kier alpha value is -2.37. The maximum atomic E-state index is 9.75. The Balaban J connectivity index is 1.80. The van der Waals surface area contributed by atoms with Gasteiger partial charge in [0.15, 0.2) is 0 Å². The van der Waals surface area contributed by atoms with E-state index in [1.807, 2.05) is 23.3 Å². The van der Waals surface area contributed by atoms with Gasteiger partial charge in [-0.25, -0.2) is 0 Å². The molecule has 0 spiro atoms. The van der Waals surface area contributed by atoms with Crippen LogP contribution in [0.25, 0.3) is 21.6 Å². The second-order valence-electron chi connectivity index (χ2n) is 8.24. The van der Waals surface area contributed by atoms with E-state index in [4.69, 9.17) is 10.4 Å². The van der Waals surface area contributed by atoms with Crippen molar-refractivity contribution < 1.29 is 9.94 Å². The number of azide groups is 1. The summed E-state index contributed by atoms with van der Waals surface area (Å²) < 4.78 is 0. The van der Waals surface area contributed by atoms with Crippen LogP contribution in [0.2, 0.25) is 0 Å². The fourth-order valence-corrected chi connectivity index (χ4v) is 4.37. The predicted octanol–water partition coefficient (Wildman–Crippen LogP) is 5.34. The molecule has 6 heteroatoms. The molecule has 29 heavy (non-hydrogen) atoms. The molecular formula is C23H30N4O2. The van der Waals surface area contributed by atoms with Crippen LogP contribution in [0.1, 0.15) is 38.7 Å². The summed E-state index contributed by atoms with van der Waals surface area (Å²) in [5.74, 6) is 0.464. The SMILES string of the molecule is CC(C)C[C@]1(CCO)C[C@H](CN=[N+]=[N-])ON1Cc1ccc(-c2ccccc2)cc1. The summed E-state index contributed by atoms with van der Waals surface area (Å²) in [4.78, 5) is 9.09. The number of benzene rings is 2. The number of hydrogen-bond donors (Lipinski definition) is 1. The van der Waals surface area contributed by atoms with E-state index in [0.29, 0.717) is 25.4 Å². The zero-order valence-electron chi connectivity index (χ0n) is 17.2. The predicted molar refractivity (Wildman–Crippen MR) is 115 cm³/mol. The highest BCUT2D eigenvalue weighted by atomic mass is 16.7. The lowest BCUT2D eigenvalue weighted by Gasteiger charge is -2.37. The molecule has 2 aromatic rings. The molecule has 0 amide bonds. The normalized spacial score (nSPS) is 22.0. The van der Waals surface area contributed by atoms with E-state index in [0.717, 1.165) is 18.4 Å². The molecule has 154 valence electrons. The summed E-state index contributed by atoms with van der Waals surface area (Å²) in [6, 6.07) is 18.8. The van der Waals surface area contributed by atoms with Gasteiger partial charge in [-0.3, -0.25) is 4.84 Å². The molecular weight excluding hydrogens is 364 g/mol. The molecule has 1 aliphatic rings. The molecule has 2 atom stereocenters. The highest BCUT2D eigenvalue weighted by Crippen LogP contribution is 2.40. The first kappa shape index (κ1) is 21.3. The Kier molecular flexibility index (Phi) is 7.29. The topological polar surface area (TPSA) is 81.5 Å². The van der Waals surface area contributed by atoms with Crippen molar-refractivity contribution in [3.63, 3.8) is 0 Å². The smallest absolute Gasteiger partial charge is 0.0868 e. The summed E-state index contributed by atoms with van der Waals surface area (Å²) in [6.07, 6.45) is 2.16. The Morgan fingerprint density at radius 2 is 1.86 bits per heavy atom. The zero-order valence-corrected chi connectivity index (χ0v) is 17.2. The number of hydrogen-bond acceptors (Lipinski definition) is 4. The van der Waals surface area contributed by atoms with Gasteiger partial charge in [0.25, 0.3) is 0 Å². The van der Waals surface area contributed by atoms with Crippen molar-refractivity contribution >= 4 is 0 Å². The van der Waals surface area contributed by atoms with E-state index in [1.165, 1.54) is 11.1 Å². The Bertz CT molecular complexity index is 819. The molecule has 0 saturated carbocycles. The average molecular weight is 395 g/mol. The van der Waals surface area contributed by atoms with Crippen molar-refractivity contribution in [1.82, 2.24) is 5.06 Å². The number of aliphatic hydroxyl groups is 1. The summed E-state index contributed by atoms with van der Waals surface area (Å²) >= 11 is 0. The van der Waals surface area contributed by atoms with Gasteiger partial charge in [-0.15, -0.1) is 0 Å². The van der Waals surface area contributed by atoms with Crippen LogP contribution in [-0.2, 0) is 11.4 Å². The van der Waals surface area contributed by atoms with Gasteiger partial charge in [-0.1, -0.05) is 73.6 Å². The molecule has 0 bridgehead atoms. The van der Waals surface area contributed by atoms with Crippen LogP contribution in [0.3, 0.4) is 0 Å². The molecule has 0 unspecified atom stereocenters. The molecule has 1 heterocycles. The van der Waals surface area contributed by atoms with Gasteiger partial charge in [-0.05, 0) is 47.4 Å². The Morgan fingerprint density at radius 1 is 1.17 bits per heavy atom. The third-order valence-corrected chi connectivity index (χ3v) is 5.51. The van der Waals surface area contributed by atoms with Crippen molar-refractivity contribution in [2.45, 2.75) is 51.3 Å². The van der Waals surface area contributed by atoms with Crippen LogP contribution in [-0.4, -0.2) is 35.0 Å². The second-order valence-corrected chi connectivity index (χ2v) is 8.24. The number of hydroxylamine groups is 2. The van der Waals surface area contributed by atoms with E-state index < -0.39 is 0 Å². The van der Waals surface area contributed by atoms with Gasteiger partial charge >= 0.3 is 0 Å². The standard InChI is InChI=1S/C23H30N4O2/c1-18(2)14-23(12-13-28)15-22(16-25-26-24)29-27(23)17-19-8-10-21(11-9-19)20-6-4-3-5-7-20/h3-11,18,22,28H,12-17H2,1-2H3/t22-,23-/m1/s1. The lowest BCUT2D eigenvalue weighted by atomic mass is 9.81. The van der Waals surface area contributed by atoms with Crippen LogP contribution >= 0.6 is 0 Å². The van der Waals surface area contributed by atoms with E-state index >= 15 is 0 Å². The lowest BCUT2D eigenvalue weighted by Crippen LogP contribution is -2.44. The van der Waals surface area contributed by atoms with Gasteiger partial charge < -0.3 is 5.11 Å². The molecule has 3 rings (SSSR count). The number of rotatable bonds is 9.